The van der Waals surface area contributed by atoms with Crippen LogP contribution in [-0.4, -0.2) is 19.0 Å². The molecule has 106 valence electrons. The number of carbonyl (C=O) groups is 1. The van der Waals surface area contributed by atoms with Gasteiger partial charge in [0.15, 0.2) is 0 Å². The van der Waals surface area contributed by atoms with Crippen molar-refractivity contribution in [2.24, 2.45) is 0 Å². The molecule has 0 saturated carbocycles. The van der Waals surface area contributed by atoms with Crippen molar-refractivity contribution in [1.29, 1.82) is 0 Å². The third-order valence-corrected chi connectivity index (χ3v) is 3.80. The number of nitrogen functional groups attached to an aromatic ring is 1. The monoisotopic (exact) mass is 289 g/mol. The average molecular weight is 289 g/mol. The maximum absolute atomic E-state index is 11.5. The first-order valence-corrected chi connectivity index (χ1v) is 7.43. The molecule has 1 amide bonds. The maximum atomic E-state index is 11.5. The van der Waals surface area contributed by atoms with E-state index in [1.165, 1.54) is 5.56 Å². The van der Waals surface area contributed by atoms with Crippen LogP contribution in [-0.2, 0) is 6.42 Å². The van der Waals surface area contributed by atoms with E-state index in [1.807, 2.05) is 6.07 Å². The highest BCUT2D eigenvalue weighted by molar-refractivity contribution is 7.07. The summed E-state index contributed by atoms with van der Waals surface area (Å²) in [5.41, 5.74) is 9.33. The van der Waals surface area contributed by atoms with Gasteiger partial charge in [0.25, 0.3) is 5.91 Å². The van der Waals surface area contributed by atoms with E-state index in [1.54, 1.807) is 30.5 Å². The molecule has 1 aromatic heterocycles. The van der Waals surface area contributed by atoms with Crippen LogP contribution in [0.4, 0.5) is 11.4 Å². The number of nitrogens with one attached hydrogen (secondary N) is 2. The predicted molar refractivity (Wildman–Crippen MR) is 85.4 cm³/mol. The zero-order valence-electron chi connectivity index (χ0n) is 11.6. The lowest BCUT2D eigenvalue weighted by atomic mass is 10.1. The Labute approximate surface area is 123 Å². The second-order valence-corrected chi connectivity index (χ2v) is 5.54. The molecule has 4 nitrogen and oxygen atoms in total. The molecule has 0 aliphatic heterocycles. The first-order valence-electron chi connectivity index (χ1n) is 6.49. The van der Waals surface area contributed by atoms with Crippen molar-refractivity contribution in [3.63, 3.8) is 0 Å². The van der Waals surface area contributed by atoms with E-state index in [2.05, 4.69) is 34.4 Å². The second kappa shape index (κ2) is 6.43. The van der Waals surface area contributed by atoms with Gasteiger partial charge in [-0.2, -0.15) is 11.3 Å². The Balaban J connectivity index is 2.04. The minimum atomic E-state index is -0.130. The van der Waals surface area contributed by atoms with Crippen LogP contribution >= 0.6 is 11.3 Å². The Hall–Kier alpha value is -2.01. The Kier molecular flexibility index (Phi) is 4.63. The second-order valence-electron chi connectivity index (χ2n) is 4.76. The van der Waals surface area contributed by atoms with Gasteiger partial charge in [-0.3, -0.25) is 4.79 Å². The Morgan fingerprint density at radius 2 is 2.20 bits per heavy atom. The molecular weight excluding hydrogens is 270 g/mol. The van der Waals surface area contributed by atoms with Gasteiger partial charge < -0.3 is 16.4 Å². The summed E-state index contributed by atoms with van der Waals surface area (Å²) in [6, 6.07) is 7.72. The van der Waals surface area contributed by atoms with Gasteiger partial charge in [-0.05, 0) is 53.9 Å². The van der Waals surface area contributed by atoms with Crippen molar-refractivity contribution >= 4 is 28.6 Å². The van der Waals surface area contributed by atoms with E-state index in [-0.39, 0.29) is 11.9 Å². The number of rotatable bonds is 5. The van der Waals surface area contributed by atoms with Gasteiger partial charge in [-0.15, -0.1) is 0 Å². The maximum Gasteiger partial charge on any atom is 0.251 e. The van der Waals surface area contributed by atoms with Crippen LogP contribution in [0.3, 0.4) is 0 Å². The van der Waals surface area contributed by atoms with Crippen LogP contribution in [0.1, 0.15) is 22.8 Å². The molecule has 0 aliphatic carbocycles. The molecule has 0 fully saturated rings. The van der Waals surface area contributed by atoms with Crippen LogP contribution in [0.15, 0.2) is 35.0 Å². The molecule has 2 rings (SSSR count). The zero-order valence-corrected chi connectivity index (χ0v) is 12.5. The van der Waals surface area contributed by atoms with Gasteiger partial charge in [0.05, 0.1) is 11.4 Å². The lowest BCUT2D eigenvalue weighted by molar-refractivity contribution is 0.0963. The van der Waals surface area contributed by atoms with Crippen molar-refractivity contribution in [3.05, 3.63) is 46.2 Å². The highest BCUT2D eigenvalue weighted by Crippen LogP contribution is 2.21. The van der Waals surface area contributed by atoms with Crippen molar-refractivity contribution in [1.82, 2.24) is 5.32 Å². The van der Waals surface area contributed by atoms with Crippen LogP contribution in [0.5, 0.6) is 0 Å². The molecule has 2 aromatic rings. The summed E-state index contributed by atoms with van der Waals surface area (Å²) in [5.74, 6) is -0.130. The van der Waals surface area contributed by atoms with Crippen LogP contribution in [0, 0.1) is 0 Å². The summed E-state index contributed by atoms with van der Waals surface area (Å²) in [7, 11) is 1.60. The van der Waals surface area contributed by atoms with Crippen LogP contribution in [0.25, 0.3) is 0 Å². The molecular formula is C15H19N3OS. The highest BCUT2D eigenvalue weighted by atomic mass is 32.1. The Morgan fingerprint density at radius 3 is 2.80 bits per heavy atom. The smallest absolute Gasteiger partial charge is 0.251 e. The van der Waals surface area contributed by atoms with Crippen molar-refractivity contribution in [2.75, 3.05) is 18.1 Å². The summed E-state index contributed by atoms with van der Waals surface area (Å²) in [4.78, 5) is 11.5. The SMILES string of the molecule is CNC(=O)c1ccc(NC(C)Cc2ccsc2)c(N)c1. The first-order chi connectivity index (χ1) is 9.60. The molecule has 0 spiro atoms. The summed E-state index contributed by atoms with van der Waals surface area (Å²) in [6.45, 7) is 2.11. The fourth-order valence-electron chi connectivity index (χ4n) is 2.06. The van der Waals surface area contributed by atoms with Crippen molar-refractivity contribution in [2.45, 2.75) is 19.4 Å². The van der Waals surface area contributed by atoms with E-state index in [0.717, 1.165) is 12.1 Å². The zero-order chi connectivity index (χ0) is 14.5. The third kappa shape index (κ3) is 3.51. The quantitative estimate of drug-likeness (QED) is 0.741. The third-order valence-electron chi connectivity index (χ3n) is 3.06. The van der Waals surface area contributed by atoms with Crippen molar-refractivity contribution < 1.29 is 4.79 Å². The fourth-order valence-corrected chi connectivity index (χ4v) is 2.74. The van der Waals surface area contributed by atoms with E-state index in [9.17, 15) is 4.79 Å². The highest BCUT2D eigenvalue weighted by Gasteiger charge is 2.09. The number of hydrogen-bond donors (Lipinski definition) is 3. The van der Waals surface area contributed by atoms with Gasteiger partial charge in [0.2, 0.25) is 0 Å². The molecule has 1 unspecified atom stereocenters. The molecule has 1 heterocycles. The molecule has 0 saturated heterocycles. The summed E-state index contributed by atoms with van der Waals surface area (Å²) < 4.78 is 0. The van der Waals surface area contributed by atoms with Crippen molar-refractivity contribution in [3.8, 4) is 0 Å². The van der Waals surface area contributed by atoms with Gasteiger partial charge >= 0.3 is 0 Å². The minimum absolute atomic E-state index is 0.130. The number of amides is 1. The molecule has 1 aromatic carbocycles. The Morgan fingerprint density at radius 1 is 1.40 bits per heavy atom. The first kappa shape index (κ1) is 14.4. The van der Waals surface area contributed by atoms with Gasteiger partial charge in [0, 0.05) is 18.7 Å². The molecule has 0 aliphatic rings. The molecule has 0 bridgehead atoms. The number of nitrogens with two attached hydrogens (primary N) is 1. The molecule has 5 heteroatoms. The summed E-state index contributed by atoms with van der Waals surface area (Å²) in [5, 5.41) is 10.2. The van der Waals surface area contributed by atoms with E-state index >= 15 is 0 Å². The average Bonchev–Trinajstić information content (AvgIpc) is 2.93. The standard InChI is InChI=1S/C15H19N3OS/c1-10(7-11-5-6-20-9-11)18-14-4-3-12(8-13(14)16)15(19)17-2/h3-6,8-10,18H,7,16H2,1-2H3,(H,17,19). The molecule has 1 atom stereocenters. The van der Waals surface area contributed by atoms with E-state index in [4.69, 9.17) is 5.73 Å². The molecule has 4 N–H and O–H groups in total. The lowest BCUT2D eigenvalue weighted by Crippen LogP contribution is -2.20. The number of anilines is 2. The normalized spacial score (nSPS) is 11.9. The van der Waals surface area contributed by atoms with E-state index < -0.39 is 0 Å². The topological polar surface area (TPSA) is 67.2 Å². The van der Waals surface area contributed by atoms with Gasteiger partial charge in [0.1, 0.15) is 0 Å². The number of hydrogen-bond acceptors (Lipinski definition) is 4. The number of carbonyl (C=O) groups excluding carboxylic acids is 1. The van der Waals surface area contributed by atoms with Crippen LogP contribution < -0.4 is 16.4 Å². The lowest BCUT2D eigenvalue weighted by Gasteiger charge is -2.17. The minimum Gasteiger partial charge on any atom is -0.397 e. The van der Waals surface area contributed by atoms with Gasteiger partial charge in [-0.25, -0.2) is 0 Å². The summed E-state index contributed by atoms with van der Waals surface area (Å²) in [6.07, 6.45) is 0.945. The number of thiophene rings is 1. The summed E-state index contributed by atoms with van der Waals surface area (Å²) >= 11 is 1.70. The Bertz CT molecular complexity index is 581. The number of benzene rings is 1. The molecule has 0 radical (unpaired) electrons. The van der Waals surface area contributed by atoms with E-state index in [0.29, 0.717) is 11.3 Å². The fraction of sp³-hybridized carbons (Fsp3) is 0.267. The predicted octanol–water partition coefficient (Wildman–Crippen LogP) is 2.73. The largest absolute Gasteiger partial charge is 0.397 e. The van der Waals surface area contributed by atoms with Gasteiger partial charge in [-0.1, -0.05) is 0 Å². The van der Waals surface area contributed by atoms with Crippen LogP contribution in [0.2, 0.25) is 0 Å². The molecule has 20 heavy (non-hydrogen) atoms.